The van der Waals surface area contributed by atoms with E-state index in [0.29, 0.717) is 17.0 Å². The molecule has 4 N–H and O–H groups in total. The average molecular weight is 200 g/mol. The minimum Gasteiger partial charge on any atom is -0.479 e. The van der Waals surface area contributed by atoms with Crippen LogP contribution in [0.2, 0.25) is 0 Å². The number of hydrogen-bond acceptors (Lipinski definition) is 4. The number of carboxylic acid groups (broad SMARTS) is 1. The molecule has 0 aliphatic carbocycles. The van der Waals surface area contributed by atoms with Gasteiger partial charge in [0.1, 0.15) is 6.10 Å². The Kier molecular flexibility index (Phi) is 2.87. The number of aromatic nitrogens is 2. The Morgan fingerprint density at radius 3 is 2.36 bits per heavy atom. The molecule has 1 aromatic heterocycles. The van der Waals surface area contributed by atoms with Gasteiger partial charge in [0.25, 0.3) is 0 Å². The smallest absolute Gasteiger partial charge is 0.335 e. The minimum absolute atomic E-state index is 0.333. The maximum absolute atomic E-state index is 10.4. The van der Waals surface area contributed by atoms with Gasteiger partial charge in [0.05, 0.1) is 5.69 Å². The Morgan fingerprint density at radius 2 is 2.00 bits per heavy atom. The molecular weight excluding hydrogens is 188 g/mol. The summed E-state index contributed by atoms with van der Waals surface area (Å²) in [5.41, 5.74) is 1.37. The summed E-state index contributed by atoms with van der Waals surface area (Å²) in [4.78, 5) is 10.4. The van der Waals surface area contributed by atoms with Gasteiger partial charge in [-0.15, -0.1) is 0 Å². The summed E-state index contributed by atoms with van der Waals surface area (Å²) in [6, 6.07) is 0. The molecule has 1 aromatic rings. The summed E-state index contributed by atoms with van der Waals surface area (Å²) in [6.45, 7) is 3.27. The van der Waals surface area contributed by atoms with Crippen LogP contribution in [-0.4, -0.2) is 37.6 Å². The van der Waals surface area contributed by atoms with Gasteiger partial charge < -0.3 is 15.3 Å². The lowest BCUT2D eigenvalue weighted by atomic mass is 10.0. The van der Waals surface area contributed by atoms with Gasteiger partial charge in [-0.05, 0) is 13.8 Å². The molecule has 0 radical (unpaired) electrons. The Bertz CT molecular complexity index is 328. The van der Waals surface area contributed by atoms with E-state index < -0.39 is 18.2 Å². The van der Waals surface area contributed by atoms with Crippen LogP contribution in [-0.2, 0) is 4.79 Å². The van der Waals surface area contributed by atoms with Gasteiger partial charge in [-0.3, -0.25) is 5.10 Å². The molecule has 0 saturated carbocycles. The van der Waals surface area contributed by atoms with E-state index in [1.54, 1.807) is 13.8 Å². The van der Waals surface area contributed by atoms with E-state index in [1.165, 1.54) is 0 Å². The second-order valence-corrected chi connectivity index (χ2v) is 3.08. The third-order valence-electron chi connectivity index (χ3n) is 2.03. The Balaban J connectivity index is 2.99. The number of aliphatic hydroxyl groups excluding tert-OH is 2. The molecule has 0 spiro atoms. The van der Waals surface area contributed by atoms with Crippen molar-refractivity contribution in [2.75, 3.05) is 0 Å². The normalized spacial score (nSPS) is 15.1. The quantitative estimate of drug-likeness (QED) is 0.526. The van der Waals surface area contributed by atoms with Gasteiger partial charge in [0.15, 0.2) is 6.10 Å². The van der Waals surface area contributed by atoms with Gasteiger partial charge >= 0.3 is 5.97 Å². The van der Waals surface area contributed by atoms with Crippen LogP contribution >= 0.6 is 0 Å². The molecule has 0 fully saturated rings. The lowest BCUT2D eigenvalue weighted by Crippen LogP contribution is -2.28. The molecular formula is C8H12N2O4. The highest BCUT2D eigenvalue weighted by molar-refractivity contribution is 5.73. The van der Waals surface area contributed by atoms with Crippen molar-refractivity contribution in [1.29, 1.82) is 0 Å². The zero-order chi connectivity index (χ0) is 10.9. The molecule has 0 aliphatic rings. The molecule has 0 saturated heterocycles. The number of H-pyrrole nitrogens is 1. The number of nitrogens with zero attached hydrogens (tertiary/aromatic N) is 1. The highest BCUT2D eigenvalue weighted by Crippen LogP contribution is 2.22. The summed E-state index contributed by atoms with van der Waals surface area (Å²) in [6.07, 6.45) is -3.28. The molecule has 14 heavy (non-hydrogen) atoms. The van der Waals surface area contributed by atoms with Crippen LogP contribution in [0.1, 0.15) is 23.1 Å². The molecule has 0 amide bonds. The van der Waals surface area contributed by atoms with Crippen LogP contribution in [0.4, 0.5) is 0 Å². The largest absolute Gasteiger partial charge is 0.479 e. The first-order chi connectivity index (χ1) is 6.45. The Morgan fingerprint density at radius 1 is 1.43 bits per heavy atom. The molecule has 2 unspecified atom stereocenters. The topological polar surface area (TPSA) is 106 Å². The SMILES string of the molecule is Cc1n[nH]c(C)c1C(O)C(O)C(=O)O. The highest BCUT2D eigenvalue weighted by Gasteiger charge is 2.28. The van der Waals surface area contributed by atoms with Crippen molar-refractivity contribution in [3.63, 3.8) is 0 Å². The summed E-state index contributed by atoms with van der Waals surface area (Å²) in [5, 5.41) is 33.5. The number of carboxylic acids is 1. The zero-order valence-electron chi connectivity index (χ0n) is 7.85. The zero-order valence-corrected chi connectivity index (χ0v) is 7.85. The van der Waals surface area contributed by atoms with E-state index >= 15 is 0 Å². The molecule has 1 rings (SSSR count). The predicted octanol–water partition coefficient (Wildman–Crippen LogP) is -0.495. The van der Waals surface area contributed by atoms with Crippen molar-refractivity contribution >= 4 is 5.97 Å². The Labute approximate surface area is 80.2 Å². The molecule has 78 valence electrons. The van der Waals surface area contributed by atoms with Gasteiger partial charge in [-0.25, -0.2) is 4.79 Å². The van der Waals surface area contributed by atoms with Crippen LogP contribution < -0.4 is 0 Å². The highest BCUT2D eigenvalue weighted by atomic mass is 16.4. The molecule has 0 bridgehead atoms. The fraction of sp³-hybridized carbons (Fsp3) is 0.500. The summed E-state index contributed by atoms with van der Waals surface area (Å²) in [5.74, 6) is -1.46. The van der Waals surface area contributed by atoms with Crippen LogP contribution in [0.3, 0.4) is 0 Å². The van der Waals surface area contributed by atoms with E-state index in [-0.39, 0.29) is 0 Å². The van der Waals surface area contributed by atoms with Gasteiger partial charge in [-0.1, -0.05) is 0 Å². The summed E-state index contributed by atoms with van der Waals surface area (Å²) >= 11 is 0. The second kappa shape index (κ2) is 3.77. The third kappa shape index (κ3) is 1.75. The number of rotatable bonds is 3. The maximum Gasteiger partial charge on any atom is 0.335 e. The van der Waals surface area contributed by atoms with Gasteiger partial charge in [-0.2, -0.15) is 5.10 Å². The molecule has 6 nitrogen and oxygen atoms in total. The van der Waals surface area contributed by atoms with Crippen LogP contribution in [0, 0.1) is 13.8 Å². The van der Waals surface area contributed by atoms with Crippen LogP contribution in [0.5, 0.6) is 0 Å². The number of aryl methyl sites for hydroxylation is 2. The molecule has 0 aromatic carbocycles. The lowest BCUT2D eigenvalue weighted by molar-refractivity contribution is -0.153. The monoisotopic (exact) mass is 200 g/mol. The van der Waals surface area contributed by atoms with Crippen molar-refractivity contribution in [1.82, 2.24) is 10.2 Å². The number of aromatic amines is 1. The first kappa shape index (κ1) is 10.7. The van der Waals surface area contributed by atoms with Crippen molar-refractivity contribution in [3.8, 4) is 0 Å². The number of hydrogen-bond donors (Lipinski definition) is 4. The molecule has 0 aliphatic heterocycles. The van der Waals surface area contributed by atoms with Crippen molar-refractivity contribution in [2.45, 2.75) is 26.1 Å². The number of nitrogens with one attached hydrogen (secondary N) is 1. The van der Waals surface area contributed by atoms with Crippen molar-refractivity contribution in [2.24, 2.45) is 0 Å². The van der Waals surface area contributed by atoms with Crippen LogP contribution in [0.15, 0.2) is 0 Å². The van der Waals surface area contributed by atoms with E-state index in [1.807, 2.05) is 0 Å². The van der Waals surface area contributed by atoms with Crippen molar-refractivity contribution in [3.05, 3.63) is 17.0 Å². The minimum atomic E-state index is -1.83. The van der Waals surface area contributed by atoms with E-state index in [0.717, 1.165) is 0 Å². The average Bonchev–Trinajstić information content (AvgIpc) is 2.44. The van der Waals surface area contributed by atoms with E-state index in [4.69, 9.17) is 10.2 Å². The van der Waals surface area contributed by atoms with E-state index in [9.17, 15) is 9.90 Å². The van der Waals surface area contributed by atoms with Crippen LogP contribution in [0.25, 0.3) is 0 Å². The second-order valence-electron chi connectivity index (χ2n) is 3.08. The van der Waals surface area contributed by atoms with Gasteiger partial charge in [0.2, 0.25) is 0 Å². The fourth-order valence-corrected chi connectivity index (χ4v) is 1.29. The standard InChI is InChI=1S/C8H12N2O4/c1-3-5(4(2)10-9-3)6(11)7(12)8(13)14/h6-7,11-12H,1-2H3,(H,9,10)(H,13,14). The Hall–Kier alpha value is -1.40. The summed E-state index contributed by atoms with van der Waals surface area (Å²) in [7, 11) is 0. The number of aliphatic carboxylic acids is 1. The molecule has 2 atom stereocenters. The summed E-state index contributed by atoms with van der Waals surface area (Å²) < 4.78 is 0. The molecule has 6 heteroatoms. The number of aliphatic hydroxyl groups is 2. The van der Waals surface area contributed by atoms with E-state index in [2.05, 4.69) is 10.2 Å². The molecule has 1 heterocycles. The number of carbonyl (C=O) groups is 1. The van der Waals surface area contributed by atoms with Gasteiger partial charge in [0, 0.05) is 11.3 Å². The predicted molar refractivity (Wildman–Crippen MR) is 46.7 cm³/mol. The lowest BCUT2D eigenvalue weighted by Gasteiger charge is -2.14. The van der Waals surface area contributed by atoms with Crippen molar-refractivity contribution < 1.29 is 20.1 Å². The first-order valence-corrected chi connectivity index (χ1v) is 4.05. The third-order valence-corrected chi connectivity index (χ3v) is 2.03. The maximum atomic E-state index is 10.4. The first-order valence-electron chi connectivity index (χ1n) is 4.05. The fourth-order valence-electron chi connectivity index (χ4n) is 1.29.